The van der Waals surface area contributed by atoms with Crippen molar-refractivity contribution in [2.24, 2.45) is 7.05 Å². The van der Waals surface area contributed by atoms with Crippen molar-refractivity contribution >= 4 is 28.9 Å². The molecule has 2 aromatic heterocycles. The third-order valence-corrected chi connectivity index (χ3v) is 5.59. The molecule has 0 unspecified atom stereocenters. The number of nitrogens with one attached hydrogen (secondary N) is 1. The number of aromatic nitrogens is 4. The second-order valence-electron chi connectivity index (χ2n) is 6.59. The fourth-order valence-electron chi connectivity index (χ4n) is 2.93. The van der Waals surface area contributed by atoms with Crippen molar-refractivity contribution in [3.8, 4) is 0 Å². The quantitative estimate of drug-likeness (QED) is 0.376. The van der Waals surface area contributed by atoms with E-state index in [4.69, 9.17) is 4.74 Å². The molecule has 0 fully saturated rings. The van der Waals surface area contributed by atoms with Gasteiger partial charge in [-0.05, 0) is 13.3 Å². The van der Waals surface area contributed by atoms with Crippen LogP contribution in [0.1, 0.15) is 52.4 Å². The molecule has 2 aromatic rings. The monoisotopic (exact) mass is 396 g/mol. The van der Waals surface area contributed by atoms with E-state index in [0.29, 0.717) is 22.9 Å². The van der Waals surface area contributed by atoms with E-state index in [1.165, 1.54) is 42.7 Å². The number of hydrogen-bond donors (Lipinski definition) is 1. The van der Waals surface area contributed by atoms with Gasteiger partial charge in [0.25, 0.3) is 5.56 Å². The van der Waals surface area contributed by atoms with Gasteiger partial charge in [-0.15, -0.1) is 0 Å². The predicted molar refractivity (Wildman–Crippen MR) is 106 cm³/mol. The van der Waals surface area contributed by atoms with Crippen LogP contribution < -0.4 is 11.2 Å². The van der Waals surface area contributed by atoms with E-state index in [0.717, 1.165) is 19.3 Å². The number of thioether (sulfide) groups is 1. The van der Waals surface area contributed by atoms with Crippen LogP contribution in [0.3, 0.4) is 0 Å². The molecule has 0 spiro atoms. The molecule has 2 heterocycles. The van der Waals surface area contributed by atoms with Gasteiger partial charge in [-0.3, -0.25) is 19.1 Å². The third-order valence-electron chi connectivity index (χ3n) is 4.52. The number of imidazole rings is 1. The van der Waals surface area contributed by atoms with Crippen molar-refractivity contribution in [3.63, 3.8) is 0 Å². The number of nitrogens with zero attached hydrogens (tertiary/aromatic N) is 3. The number of esters is 1. The fourth-order valence-corrected chi connectivity index (χ4v) is 3.89. The molecular weight excluding hydrogens is 368 g/mol. The highest BCUT2D eigenvalue weighted by molar-refractivity contribution is 8.00. The molecule has 0 bridgehead atoms. The molecule has 0 radical (unpaired) electrons. The van der Waals surface area contributed by atoms with Gasteiger partial charge in [-0.25, -0.2) is 9.78 Å². The molecule has 0 saturated carbocycles. The van der Waals surface area contributed by atoms with Crippen LogP contribution in [0.5, 0.6) is 0 Å². The molecule has 0 aliphatic rings. The zero-order chi connectivity index (χ0) is 20.0. The van der Waals surface area contributed by atoms with E-state index in [9.17, 15) is 14.4 Å². The zero-order valence-corrected chi connectivity index (χ0v) is 17.2. The van der Waals surface area contributed by atoms with Crippen molar-refractivity contribution < 1.29 is 9.53 Å². The minimum Gasteiger partial charge on any atom is -0.468 e. The minimum absolute atomic E-state index is 0.328. The normalized spacial score (nSPS) is 12.4. The lowest BCUT2D eigenvalue weighted by Crippen LogP contribution is -2.29. The molecule has 1 N–H and O–H groups in total. The number of unbranched alkanes of at least 4 members (excludes halogenated alkanes) is 5. The first-order valence-electron chi connectivity index (χ1n) is 9.34. The maximum absolute atomic E-state index is 12.4. The van der Waals surface area contributed by atoms with Crippen LogP contribution in [-0.2, 0) is 23.1 Å². The maximum Gasteiger partial charge on any atom is 0.329 e. The van der Waals surface area contributed by atoms with Crippen LogP contribution in [0.15, 0.2) is 14.7 Å². The molecule has 8 nitrogen and oxygen atoms in total. The van der Waals surface area contributed by atoms with Crippen LogP contribution in [-0.4, -0.2) is 37.4 Å². The average Bonchev–Trinajstić information content (AvgIpc) is 3.00. The van der Waals surface area contributed by atoms with Gasteiger partial charge in [0.2, 0.25) is 0 Å². The Labute approximate surface area is 162 Å². The van der Waals surface area contributed by atoms with Gasteiger partial charge in [0.15, 0.2) is 16.3 Å². The smallest absolute Gasteiger partial charge is 0.329 e. The summed E-state index contributed by atoms with van der Waals surface area (Å²) in [6.07, 6.45) is 6.74. The average molecular weight is 397 g/mol. The molecule has 0 amide bonds. The summed E-state index contributed by atoms with van der Waals surface area (Å²) in [6.45, 7) is 4.52. The van der Waals surface area contributed by atoms with Crippen molar-refractivity contribution in [1.29, 1.82) is 0 Å². The second-order valence-corrected chi connectivity index (χ2v) is 7.90. The Bertz CT molecular complexity index is 899. The lowest BCUT2D eigenvalue weighted by Gasteiger charge is -2.11. The Hall–Kier alpha value is -2.03. The number of carbonyl (C=O) groups excluding carboxylic acids is 1. The van der Waals surface area contributed by atoms with Crippen molar-refractivity contribution in [2.75, 3.05) is 7.11 Å². The standard InChI is InChI=1S/C18H28N4O4S/c1-5-6-7-8-9-10-11-22-13-14(21(3)17(25)20-15(13)23)19-18(22)27-12(2)16(24)26-4/h12H,5-11H2,1-4H3,(H,20,23,25)/t12-/m0/s1. The Morgan fingerprint density at radius 3 is 2.56 bits per heavy atom. The van der Waals surface area contributed by atoms with Crippen molar-refractivity contribution in [3.05, 3.63) is 20.8 Å². The fraction of sp³-hybridized carbons (Fsp3) is 0.667. The summed E-state index contributed by atoms with van der Waals surface area (Å²) in [5.74, 6) is -0.360. The largest absolute Gasteiger partial charge is 0.468 e. The number of fused-ring (bicyclic) bond motifs is 1. The molecule has 0 aliphatic carbocycles. The number of carbonyl (C=O) groups is 1. The van der Waals surface area contributed by atoms with Gasteiger partial charge in [-0.2, -0.15) is 0 Å². The predicted octanol–water partition coefficient (Wildman–Crippen LogP) is 2.44. The van der Waals surface area contributed by atoms with Crippen LogP contribution in [0, 0.1) is 0 Å². The number of methoxy groups -OCH3 is 1. The Kier molecular flexibility index (Phi) is 7.70. The number of hydrogen-bond acceptors (Lipinski definition) is 6. The van der Waals surface area contributed by atoms with E-state index in [2.05, 4.69) is 16.9 Å². The Morgan fingerprint density at radius 1 is 1.22 bits per heavy atom. The highest BCUT2D eigenvalue weighted by Crippen LogP contribution is 2.26. The van der Waals surface area contributed by atoms with Gasteiger partial charge in [0.1, 0.15) is 5.25 Å². The third kappa shape index (κ3) is 5.03. The van der Waals surface area contributed by atoms with E-state index in [1.807, 2.05) is 4.57 Å². The first kappa shape index (κ1) is 21.3. The van der Waals surface area contributed by atoms with Crippen LogP contribution in [0.2, 0.25) is 0 Å². The van der Waals surface area contributed by atoms with Gasteiger partial charge >= 0.3 is 11.7 Å². The van der Waals surface area contributed by atoms with Gasteiger partial charge in [-0.1, -0.05) is 50.8 Å². The van der Waals surface area contributed by atoms with E-state index in [-0.39, 0.29) is 5.97 Å². The van der Waals surface area contributed by atoms with Crippen molar-refractivity contribution in [1.82, 2.24) is 19.1 Å². The number of aromatic amines is 1. The molecule has 0 aromatic carbocycles. The molecule has 0 saturated heterocycles. The summed E-state index contributed by atoms with van der Waals surface area (Å²) >= 11 is 1.23. The molecular formula is C18H28N4O4S. The molecule has 9 heteroatoms. The van der Waals surface area contributed by atoms with Gasteiger partial charge in [0, 0.05) is 13.6 Å². The summed E-state index contributed by atoms with van der Waals surface area (Å²) in [5.41, 5.74) is -0.266. The zero-order valence-electron chi connectivity index (χ0n) is 16.4. The first-order chi connectivity index (χ1) is 12.9. The van der Waals surface area contributed by atoms with E-state index >= 15 is 0 Å². The van der Waals surface area contributed by atoms with Crippen molar-refractivity contribution in [2.45, 2.75) is 69.3 Å². The van der Waals surface area contributed by atoms with E-state index < -0.39 is 16.5 Å². The second kappa shape index (κ2) is 9.77. The number of rotatable bonds is 10. The molecule has 150 valence electrons. The summed E-state index contributed by atoms with van der Waals surface area (Å²) < 4.78 is 7.92. The first-order valence-corrected chi connectivity index (χ1v) is 10.2. The number of ether oxygens (including phenoxy) is 1. The molecule has 1 atom stereocenters. The maximum atomic E-state index is 12.4. The summed E-state index contributed by atoms with van der Waals surface area (Å²) in [5, 5.41) is 0.0781. The van der Waals surface area contributed by atoms with Crippen LogP contribution in [0.25, 0.3) is 11.2 Å². The molecule has 0 aliphatic heterocycles. The summed E-state index contributed by atoms with van der Waals surface area (Å²) in [4.78, 5) is 42.9. The van der Waals surface area contributed by atoms with Gasteiger partial charge in [0.05, 0.1) is 7.11 Å². The Morgan fingerprint density at radius 2 is 1.89 bits per heavy atom. The summed E-state index contributed by atoms with van der Waals surface area (Å²) in [7, 11) is 2.91. The minimum atomic E-state index is -0.505. The SMILES string of the molecule is CCCCCCCCn1c(S[C@@H](C)C(=O)OC)nc2c1c(=O)[nH]c(=O)n2C. The molecule has 2 rings (SSSR count). The highest BCUT2D eigenvalue weighted by atomic mass is 32.2. The van der Waals surface area contributed by atoms with Crippen LogP contribution >= 0.6 is 11.8 Å². The number of H-pyrrole nitrogens is 1. The van der Waals surface area contributed by atoms with Crippen LogP contribution in [0.4, 0.5) is 0 Å². The lowest BCUT2D eigenvalue weighted by molar-refractivity contribution is -0.139. The van der Waals surface area contributed by atoms with Gasteiger partial charge < -0.3 is 9.30 Å². The van der Waals surface area contributed by atoms with E-state index in [1.54, 1.807) is 14.0 Å². The topological polar surface area (TPSA) is 99.0 Å². The summed E-state index contributed by atoms with van der Waals surface area (Å²) in [6, 6.07) is 0. The molecule has 27 heavy (non-hydrogen) atoms. The Balaban J connectivity index is 2.33. The lowest BCUT2D eigenvalue weighted by atomic mass is 10.1. The number of aryl methyl sites for hydroxylation is 2. The highest BCUT2D eigenvalue weighted by Gasteiger charge is 2.22.